The average Bonchev–Trinajstić information content (AvgIpc) is 3.02. The maximum Gasteiger partial charge on any atom is 0.206 e. The first-order chi connectivity index (χ1) is 9.98. The zero-order valence-corrected chi connectivity index (χ0v) is 11.0. The van der Waals surface area contributed by atoms with Crippen molar-refractivity contribution in [3.8, 4) is 0 Å². The molecule has 3 rings (SSSR count). The van der Waals surface area contributed by atoms with E-state index in [1.165, 1.54) is 18.6 Å². The molecular weight excluding hydrogens is 283 g/mol. The zero-order chi connectivity index (χ0) is 15.3. The fraction of sp³-hybridized carbons (Fsp3) is 0.500. The van der Waals surface area contributed by atoms with Crippen LogP contribution in [0, 0.1) is 0 Å². The third kappa shape index (κ3) is 1.69. The van der Waals surface area contributed by atoms with Gasteiger partial charge in [0.1, 0.15) is 30.6 Å². The van der Waals surface area contributed by atoms with E-state index < -0.39 is 37.3 Å². The van der Waals surface area contributed by atoms with E-state index in [0.29, 0.717) is 5.39 Å². The summed E-state index contributed by atoms with van der Waals surface area (Å²) in [6.07, 6.45) is 1.38. The van der Waals surface area contributed by atoms with Crippen LogP contribution in [-0.2, 0) is 10.5 Å². The van der Waals surface area contributed by atoms with E-state index in [9.17, 15) is 19.7 Å². The Balaban J connectivity index is 2.25. The van der Waals surface area contributed by atoms with E-state index >= 15 is 0 Å². The van der Waals surface area contributed by atoms with E-state index in [2.05, 4.69) is 9.97 Å². The van der Waals surface area contributed by atoms with Crippen molar-refractivity contribution in [2.45, 2.75) is 17.4 Å². The predicted molar refractivity (Wildman–Crippen MR) is 69.9 cm³/mol. The summed E-state index contributed by atoms with van der Waals surface area (Å²) in [7, 11) is 0. The van der Waals surface area contributed by atoms with Crippen LogP contribution in [0.25, 0.3) is 11.0 Å². The summed E-state index contributed by atoms with van der Waals surface area (Å²) >= 11 is 0. The molecule has 1 fully saturated rings. The molecule has 9 heteroatoms. The molecule has 21 heavy (non-hydrogen) atoms. The van der Waals surface area contributed by atoms with Crippen molar-refractivity contribution in [1.29, 1.82) is 0 Å². The largest absolute Gasteiger partial charge is 0.393 e. The van der Waals surface area contributed by atoms with Gasteiger partial charge in [-0.2, -0.15) is 0 Å². The molecule has 1 aliphatic rings. The Hall–Kier alpha value is -1.81. The van der Waals surface area contributed by atoms with Crippen LogP contribution in [0.5, 0.6) is 0 Å². The molecule has 3 heterocycles. The first-order valence-corrected chi connectivity index (χ1v) is 6.29. The van der Waals surface area contributed by atoms with Gasteiger partial charge in [-0.25, -0.2) is 14.4 Å². The molecule has 0 unspecified atom stereocenters. The van der Waals surface area contributed by atoms with Gasteiger partial charge in [0.05, 0.1) is 18.6 Å². The monoisotopic (exact) mass is 298 g/mol. The minimum atomic E-state index is -2.21. The van der Waals surface area contributed by atoms with E-state index in [1.54, 1.807) is 0 Å². The minimum absolute atomic E-state index is 0.186. The Bertz CT molecular complexity index is 680. The Morgan fingerprint density at radius 3 is 2.90 bits per heavy atom. The number of aliphatic hydroxyl groups is 3. The molecule has 114 valence electrons. The molecule has 2 aromatic rings. The Kier molecular flexibility index (Phi) is 3.10. The molecule has 0 amide bonds. The Labute approximate surface area is 118 Å². The van der Waals surface area contributed by atoms with Gasteiger partial charge in [0.25, 0.3) is 0 Å². The average molecular weight is 298 g/mol. The quantitative estimate of drug-likeness (QED) is 0.557. The lowest BCUT2D eigenvalue weighted by molar-refractivity contribution is -0.199. The normalized spacial score (nSPS) is 32.9. The van der Waals surface area contributed by atoms with Crippen LogP contribution in [0.2, 0.25) is 0 Å². The first-order valence-electron chi connectivity index (χ1n) is 6.29. The molecule has 3 atom stereocenters. The molecule has 1 aliphatic heterocycles. The summed E-state index contributed by atoms with van der Waals surface area (Å²) < 4.78 is 19.6. The molecule has 2 aromatic heterocycles. The van der Waals surface area contributed by atoms with Gasteiger partial charge in [-0.1, -0.05) is 0 Å². The second kappa shape index (κ2) is 4.60. The van der Waals surface area contributed by atoms with E-state index in [0.717, 1.165) is 4.57 Å². The minimum Gasteiger partial charge on any atom is -0.393 e. The highest BCUT2D eigenvalue weighted by molar-refractivity contribution is 5.86. The number of hydrogen-bond donors (Lipinski definition) is 4. The molecule has 0 aliphatic carbocycles. The molecule has 5 N–H and O–H groups in total. The van der Waals surface area contributed by atoms with E-state index in [-0.39, 0.29) is 11.5 Å². The highest BCUT2D eigenvalue weighted by Crippen LogP contribution is 2.41. The van der Waals surface area contributed by atoms with Crippen molar-refractivity contribution in [2.75, 3.05) is 25.6 Å². The number of nitrogen functional groups attached to an aromatic ring is 1. The maximum absolute atomic E-state index is 13.3. The fourth-order valence-corrected chi connectivity index (χ4v) is 2.70. The number of rotatable bonds is 3. The lowest BCUT2D eigenvalue weighted by Gasteiger charge is -2.38. The van der Waals surface area contributed by atoms with Gasteiger partial charge in [-0.05, 0) is 6.07 Å². The fourth-order valence-electron chi connectivity index (χ4n) is 2.70. The summed E-state index contributed by atoms with van der Waals surface area (Å²) in [6, 6.07) is 1.54. The number of aromatic nitrogens is 3. The molecule has 8 nitrogen and oxygen atoms in total. The highest BCUT2D eigenvalue weighted by Gasteiger charge is 2.62. The van der Waals surface area contributed by atoms with Crippen LogP contribution in [0.4, 0.5) is 10.2 Å². The molecular formula is C12H15FN4O4. The number of nitrogens with zero attached hydrogens (tertiary/aromatic N) is 3. The Morgan fingerprint density at radius 2 is 2.24 bits per heavy atom. The van der Waals surface area contributed by atoms with Crippen molar-refractivity contribution >= 4 is 16.9 Å². The highest BCUT2D eigenvalue weighted by atomic mass is 19.1. The number of halogens is 1. The number of ether oxygens (including phenoxy) is 1. The predicted octanol–water partition coefficient (Wildman–Crippen LogP) is -1.25. The zero-order valence-electron chi connectivity index (χ0n) is 11.0. The van der Waals surface area contributed by atoms with Crippen LogP contribution in [-0.4, -0.2) is 61.4 Å². The maximum atomic E-state index is 13.3. The lowest BCUT2D eigenvalue weighted by Crippen LogP contribution is -2.60. The van der Waals surface area contributed by atoms with E-state index in [4.69, 9.17) is 10.5 Å². The van der Waals surface area contributed by atoms with Crippen LogP contribution in [0.3, 0.4) is 0 Å². The van der Waals surface area contributed by atoms with Crippen LogP contribution >= 0.6 is 0 Å². The van der Waals surface area contributed by atoms with Crippen molar-refractivity contribution < 1.29 is 24.4 Å². The first kappa shape index (κ1) is 14.1. The number of nitrogens with two attached hydrogens (primary N) is 1. The third-order valence-electron chi connectivity index (χ3n) is 3.92. The smallest absolute Gasteiger partial charge is 0.206 e. The van der Waals surface area contributed by atoms with Gasteiger partial charge in [0.15, 0.2) is 5.60 Å². The van der Waals surface area contributed by atoms with Crippen LogP contribution in [0.15, 0.2) is 18.6 Å². The molecule has 0 saturated carbocycles. The van der Waals surface area contributed by atoms with Crippen LogP contribution < -0.4 is 5.73 Å². The third-order valence-corrected chi connectivity index (χ3v) is 3.92. The van der Waals surface area contributed by atoms with Crippen LogP contribution in [0.1, 0.15) is 0 Å². The summed E-state index contributed by atoms with van der Waals surface area (Å²) in [5.41, 5.74) is 1.51. The summed E-state index contributed by atoms with van der Waals surface area (Å²) in [4.78, 5) is 7.82. The number of anilines is 1. The van der Waals surface area contributed by atoms with Crippen molar-refractivity contribution in [2.24, 2.45) is 0 Å². The topological polar surface area (TPSA) is 127 Å². The number of fused-ring (bicyclic) bond motifs is 1. The standard InChI is InChI=1S/C12H15FN4O4/c13-4-11(19)5-21-8(3-18)12(11,20)17-2-1-7-9(14)15-6-16-10(7)17/h1-2,6,8,18-20H,3-5H2,(H2,14,15,16)/t8-,11+,12-/m1/s1. The SMILES string of the molecule is Nc1ncnc2c1ccn2[C@@]1(O)[C@@H](CO)OC[C@@]1(O)CF. The Morgan fingerprint density at radius 1 is 1.48 bits per heavy atom. The van der Waals surface area contributed by atoms with E-state index in [1.807, 2.05) is 0 Å². The molecule has 0 radical (unpaired) electrons. The number of aliphatic hydroxyl groups excluding tert-OH is 1. The molecule has 1 saturated heterocycles. The summed E-state index contributed by atoms with van der Waals surface area (Å²) in [6.45, 7) is -2.30. The molecule has 0 aromatic carbocycles. The molecule has 0 spiro atoms. The number of hydrogen-bond acceptors (Lipinski definition) is 7. The second-order valence-electron chi connectivity index (χ2n) is 5.06. The van der Waals surface area contributed by atoms with Gasteiger partial charge in [0, 0.05) is 6.20 Å². The van der Waals surface area contributed by atoms with Gasteiger partial charge in [0.2, 0.25) is 5.72 Å². The lowest BCUT2D eigenvalue weighted by atomic mass is 9.90. The van der Waals surface area contributed by atoms with Gasteiger partial charge >= 0.3 is 0 Å². The second-order valence-corrected chi connectivity index (χ2v) is 5.06. The van der Waals surface area contributed by atoms with Gasteiger partial charge in [-0.15, -0.1) is 0 Å². The van der Waals surface area contributed by atoms with Crippen molar-refractivity contribution in [1.82, 2.24) is 14.5 Å². The van der Waals surface area contributed by atoms with Gasteiger partial charge < -0.3 is 25.8 Å². The van der Waals surface area contributed by atoms with Crippen molar-refractivity contribution in [3.05, 3.63) is 18.6 Å². The summed E-state index contributed by atoms with van der Waals surface area (Å²) in [5.74, 6) is 0.186. The van der Waals surface area contributed by atoms with Gasteiger partial charge in [-0.3, -0.25) is 4.57 Å². The number of alkyl halides is 1. The van der Waals surface area contributed by atoms with Crippen molar-refractivity contribution in [3.63, 3.8) is 0 Å². The molecule has 0 bridgehead atoms. The summed E-state index contributed by atoms with van der Waals surface area (Å²) in [5, 5.41) is 31.1.